The van der Waals surface area contributed by atoms with Crippen molar-refractivity contribution in [2.75, 3.05) is 5.32 Å². The highest BCUT2D eigenvalue weighted by Crippen LogP contribution is 2.40. The van der Waals surface area contributed by atoms with E-state index in [9.17, 15) is 13.2 Å². The number of nitrogens with two attached hydrogens (primary N) is 1. The average Bonchev–Trinajstić information content (AvgIpc) is 2.61. The number of hydrogen-bond donors (Lipinski definition) is 5. The van der Waals surface area contributed by atoms with Crippen LogP contribution in [0, 0.1) is 11.1 Å². The number of benzene rings is 2. The lowest BCUT2D eigenvalue weighted by Gasteiger charge is -2.17. The minimum absolute atomic E-state index is 0.0431. The molecule has 0 aliphatic rings. The highest BCUT2D eigenvalue weighted by Gasteiger charge is 2.34. The molecule has 0 fully saturated rings. The molecule has 0 aliphatic heterocycles. The number of aliphatic imine (C=N–C) groups is 1. The summed E-state index contributed by atoms with van der Waals surface area (Å²) in [5.74, 6) is -0.381. The molecule has 6 N–H and O–H groups in total. The van der Waals surface area contributed by atoms with Crippen LogP contribution >= 0.6 is 11.6 Å². The third-order valence-electron chi connectivity index (χ3n) is 3.33. The van der Waals surface area contributed by atoms with Crippen LogP contribution in [-0.2, 0) is 6.18 Å². The summed E-state index contributed by atoms with van der Waals surface area (Å²) in [5, 5.41) is 8.45. The van der Waals surface area contributed by atoms with Gasteiger partial charge < -0.3 is 5.32 Å². The number of guanidine groups is 1. The van der Waals surface area contributed by atoms with E-state index in [4.69, 9.17) is 28.4 Å². The van der Waals surface area contributed by atoms with Crippen molar-refractivity contribution in [2.45, 2.75) is 12.5 Å². The predicted octanol–water partition coefficient (Wildman–Crippen LogP) is 4.60. The molecule has 0 heterocycles. The van der Waals surface area contributed by atoms with Crippen LogP contribution in [-0.4, -0.2) is 12.2 Å². The molecule has 2 aromatic rings. The Morgan fingerprint density at radius 1 is 1.11 bits per heavy atom. The van der Waals surface area contributed by atoms with Crippen LogP contribution in [0.25, 0.3) is 11.1 Å². The molecule has 8 nitrogen and oxygen atoms in total. The van der Waals surface area contributed by atoms with Crippen molar-refractivity contribution in [3.63, 3.8) is 0 Å². The fourth-order valence-electron chi connectivity index (χ4n) is 2.25. The van der Waals surface area contributed by atoms with Crippen molar-refractivity contribution >= 4 is 23.2 Å². The number of rotatable bonds is 5. The summed E-state index contributed by atoms with van der Waals surface area (Å²) in [6.45, 7) is 0. The maximum Gasteiger partial charge on any atom is 0.417 e. The normalized spacial score (nSPS) is 13.0. The molecule has 0 bridgehead atoms. The molecular formula is C15H14ClF3N8. The second kappa shape index (κ2) is 8.56. The van der Waals surface area contributed by atoms with E-state index in [1.54, 1.807) is 12.1 Å². The monoisotopic (exact) mass is 398 g/mol. The second-order valence-corrected chi connectivity index (χ2v) is 5.52. The fraction of sp³-hybridized carbons (Fsp3) is 0.133. The standard InChI is InChI=1S/C15H14ClF3N8/c16-12-4-2-1-3-10(12)9-6-5-8(7-11(9)15(17,18)19)23-13(20)24-14(25-21)26-27-22/h1-7,13,21,23H,20H2,(H2,22,24,26). The van der Waals surface area contributed by atoms with E-state index in [2.05, 4.69) is 20.6 Å². The van der Waals surface area contributed by atoms with Crippen molar-refractivity contribution in [1.29, 1.82) is 11.1 Å². The Hall–Kier alpha value is -3.05. The van der Waals surface area contributed by atoms with Crippen molar-refractivity contribution in [2.24, 2.45) is 21.1 Å². The molecule has 1 atom stereocenters. The molecular weight excluding hydrogens is 385 g/mol. The van der Waals surface area contributed by atoms with Crippen LogP contribution in [0.5, 0.6) is 0 Å². The third-order valence-corrected chi connectivity index (χ3v) is 3.66. The summed E-state index contributed by atoms with van der Waals surface area (Å²) < 4.78 is 40.6. The summed E-state index contributed by atoms with van der Waals surface area (Å²) in [7, 11) is 0. The van der Waals surface area contributed by atoms with Gasteiger partial charge in [-0.3, -0.25) is 5.73 Å². The molecule has 0 amide bonds. The van der Waals surface area contributed by atoms with Crippen molar-refractivity contribution < 1.29 is 13.2 Å². The minimum Gasteiger partial charge on any atom is -0.352 e. The lowest BCUT2D eigenvalue weighted by molar-refractivity contribution is -0.137. The van der Waals surface area contributed by atoms with Gasteiger partial charge in [-0.15, -0.1) is 5.11 Å². The molecule has 1 unspecified atom stereocenters. The molecule has 27 heavy (non-hydrogen) atoms. The zero-order valence-corrected chi connectivity index (χ0v) is 14.3. The van der Waals surface area contributed by atoms with Crippen molar-refractivity contribution in [3.05, 3.63) is 53.1 Å². The zero-order chi connectivity index (χ0) is 20.0. The summed E-state index contributed by atoms with van der Waals surface area (Å²) >= 11 is 6.03. The number of halogens is 4. The van der Waals surface area contributed by atoms with Gasteiger partial charge in [0.15, 0.2) is 6.29 Å². The number of hydrogen-bond acceptors (Lipinski definition) is 6. The number of nitrogens with one attached hydrogen (secondary N) is 4. The van der Waals surface area contributed by atoms with Gasteiger partial charge in [-0.1, -0.05) is 41.1 Å². The van der Waals surface area contributed by atoms with Crippen LogP contribution < -0.4 is 16.5 Å². The zero-order valence-electron chi connectivity index (χ0n) is 13.5. The van der Waals surface area contributed by atoms with Crippen LogP contribution in [0.1, 0.15) is 5.56 Å². The SMILES string of the molecule is N=NN/C(N=N)=N/C(N)Nc1ccc(-c2ccccc2Cl)c(C(F)(F)F)c1. The second-order valence-electron chi connectivity index (χ2n) is 5.12. The highest BCUT2D eigenvalue weighted by atomic mass is 35.5. The van der Waals surface area contributed by atoms with E-state index >= 15 is 0 Å². The Labute approximate surface area is 156 Å². The molecule has 0 aromatic heterocycles. The number of anilines is 1. The van der Waals surface area contributed by atoms with Gasteiger partial charge in [-0.2, -0.15) is 18.7 Å². The molecule has 0 saturated carbocycles. The molecule has 0 spiro atoms. The van der Waals surface area contributed by atoms with E-state index in [1.807, 2.05) is 5.43 Å². The smallest absolute Gasteiger partial charge is 0.352 e. The molecule has 2 rings (SSSR count). The van der Waals surface area contributed by atoms with Gasteiger partial charge in [0.2, 0.25) is 0 Å². The van der Waals surface area contributed by atoms with Gasteiger partial charge in [0.25, 0.3) is 5.96 Å². The van der Waals surface area contributed by atoms with Gasteiger partial charge in [-0.25, -0.2) is 15.9 Å². The van der Waals surface area contributed by atoms with Crippen LogP contribution in [0.4, 0.5) is 18.9 Å². The average molecular weight is 399 g/mol. The van der Waals surface area contributed by atoms with Crippen LogP contribution in [0.15, 0.2) is 57.8 Å². The first-order chi connectivity index (χ1) is 12.8. The summed E-state index contributed by atoms with van der Waals surface area (Å²) in [6, 6.07) is 9.76. The molecule has 2 aromatic carbocycles. The fourth-order valence-corrected chi connectivity index (χ4v) is 2.49. The number of alkyl halides is 3. The van der Waals surface area contributed by atoms with Crippen LogP contribution in [0.3, 0.4) is 0 Å². The van der Waals surface area contributed by atoms with Crippen LogP contribution in [0.2, 0.25) is 5.02 Å². The molecule has 142 valence electrons. The van der Waals surface area contributed by atoms with Crippen molar-refractivity contribution in [3.8, 4) is 11.1 Å². The largest absolute Gasteiger partial charge is 0.417 e. The predicted molar refractivity (Wildman–Crippen MR) is 94.4 cm³/mol. The van der Waals surface area contributed by atoms with Crippen molar-refractivity contribution in [1.82, 2.24) is 5.43 Å². The van der Waals surface area contributed by atoms with Gasteiger partial charge in [0.1, 0.15) is 0 Å². The Balaban J connectivity index is 2.40. The van der Waals surface area contributed by atoms with E-state index in [0.29, 0.717) is 0 Å². The van der Waals surface area contributed by atoms with E-state index < -0.39 is 18.0 Å². The summed E-state index contributed by atoms with van der Waals surface area (Å²) in [4.78, 5) is 3.67. The Morgan fingerprint density at radius 2 is 1.81 bits per heavy atom. The molecule has 0 aliphatic carbocycles. The topological polar surface area (TPSA) is 135 Å². The summed E-state index contributed by atoms with van der Waals surface area (Å²) in [5.41, 5.74) is 20.4. The highest BCUT2D eigenvalue weighted by molar-refractivity contribution is 6.33. The molecule has 12 heteroatoms. The summed E-state index contributed by atoms with van der Waals surface area (Å²) in [6.07, 6.45) is -5.86. The van der Waals surface area contributed by atoms with Gasteiger partial charge >= 0.3 is 6.18 Å². The first-order valence-electron chi connectivity index (χ1n) is 7.32. The lowest BCUT2D eigenvalue weighted by Crippen LogP contribution is -2.30. The molecule has 0 saturated heterocycles. The Morgan fingerprint density at radius 3 is 2.41 bits per heavy atom. The lowest BCUT2D eigenvalue weighted by atomic mass is 9.98. The Bertz CT molecular complexity index is 868. The minimum atomic E-state index is -4.63. The van der Waals surface area contributed by atoms with Gasteiger partial charge in [-0.05, 0) is 23.8 Å². The van der Waals surface area contributed by atoms with E-state index in [-0.39, 0.29) is 27.8 Å². The Kier molecular flexibility index (Phi) is 6.42. The van der Waals surface area contributed by atoms with Gasteiger partial charge in [0, 0.05) is 16.3 Å². The first-order valence-corrected chi connectivity index (χ1v) is 7.70. The number of nitrogens with zero attached hydrogens (tertiary/aromatic N) is 3. The maximum absolute atomic E-state index is 13.5. The van der Waals surface area contributed by atoms with Gasteiger partial charge in [0.05, 0.1) is 5.56 Å². The third kappa shape index (κ3) is 5.21. The molecule has 0 radical (unpaired) electrons. The maximum atomic E-state index is 13.5. The first kappa shape index (κ1) is 20.3. The van der Waals surface area contributed by atoms with E-state index in [1.165, 1.54) is 24.3 Å². The quantitative estimate of drug-likeness (QED) is 0.165. The van der Waals surface area contributed by atoms with E-state index in [0.717, 1.165) is 6.07 Å².